The lowest BCUT2D eigenvalue weighted by Gasteiger charge is -2.31. The van der Waals surface area contributed by atoms with Crippen LogP contribution in [0.15, 0.2) is 12.2 Å². The van der Waals surface area contributed by atoms with Crippen LogP contribution < -0.4 is 11.1 Å². The lowest BCUT2D eigenvalue weighted by molar-refractivity contribution is -0.142. The third-order valence-corrected chi connectivity index (χ3v) is 4.10. The minimum atomic E-state index is -0.762. The van der Waals surface area contributed by atoms with E-state index in [1.54, 1.807) is 6.92 Å². The predicted molar refractivity (Wildman–Crippen MR) is 85.3 cm³/mol. The van der Waals surface area contributed by atoms with Crippen molar-refractivity contribution in [3.05, 3.63) is 12.2 Å². The number of rotatable bonds is 9. The van der Waals surface area contributed by atoms with Crippen molar-refractivity contribution in [2.45, 2.75) is 36.8 Å². The number of carbonyl (C=O) groups excluding carboxylic acids is 1. The number of hydrogen-bond acceptors (Lipinski definition) is 5. The second-order valence-corrected chi connectivity index (χ2v) is 6.72. The number of alkyl halides is 1. The molecule has 4 atom stereocenters. The van der Waals surface area contributed by atoms with E-state index in [1.807, 2.05) is 0 Å². The summed E-state index contributed by atoms with van der Waals surface area (Å²) in [4.78, 5) is 11.3. The summed E-state index contributed by atoms with van der Waals surface area (Å²) in [5.74, 6) is -0.252. The van der Waals surface area contributed by atoms with E-state index in [-0.39, 0.29) is 18.6 Å². The second kappa shape index (κ2) is 9.68. The smallest absolute Gasteiger partial charge is 0.333 e. The number of aliphatic hydroxyl groups excluding tert-OH is 1. The molecule has 0 amide bonds. The molecular formula is C13H25IN2O3. The van der Waals surface area contributed by atoms with Crippen LogP contribution in [0.2, 0.25) is 0 Å². The Morgan fingerprint density at radius 1 is 1.53 bits per heavy atom. The first kappa shape index (κ1) is 18.8. The molecule has 0 spiro atoms. The standard InChI is InChI=1S/C13H25IN2O3/c1-8(2)13(18)19-7-11(17)12(16-6-5-15)9(3)10(4)14/h9-12,16-17H,1,5-7,15H2,2-4H3. The highest BCUT2D eigenvalue weighted by Gasteiger charge is 2.28. The maximum absolute atomic E-state index is 11.3. The molecule has 0 rings (SSSR count). The molecule has 0 aliphatic carbocycles. The molecule has 4 unspecified atom stereocenters. The van der Waals surface area contributed by atoms with Crippen molar-refractivity contribution < 1.29 is 14.6 Å². The van der Waals surface area contributed by atoms with Gasteiger partial charge in [-0.15, -0.1) is 0 Å². The molecule has 6 heteroatoms. The summed E-state index contributed by atoms with van der Waals surface area (Å²) in [6, 6.07) is -0.159. The van der Waals surface area contributed by atoms with E-state index >= 15 is 0 Å². The Labute approximate surface area is 129 Å². The van der Waals surface area contributed by atoms with Crippen LogP contribution in [0.1, 0.15) is 20.8 Å². The summed E-state index contributed by atoms with van der Waals surface area (Å²) in [7, 11) is 0. The molecule has 0 saturated carbocycles. The van der Waals surface area contributed by atoms with E-state index in [0.717, 1.165) is 0 Å². The fourth-order valence-corrected chi connectivity index (χ4v) is 2.04. The summed E-state index contributed by atoms with van der Waals surface area (Å²) in [5, 5.41) is 13.4. The van der Waals surface area contributed by atoms with E-state index in [4.69, 9.17) is 10.5 Å². The van der Waals surface area contributed by atoms with Crippen LogP contribution in [-0.2, 0) is 9.53 Å². The number of halogens is 1. The average Bonchev–Trinajstić information content (AvgIpc) is 2.35. The maximum Gasteiger partial charge on any atom is 0.333 e. The topological polar surface area (TPSA) is 84.6 Å². The third-order valence-electron chi connectivity index (χ3n) is 2.96. The summed E-state index contributed by atoms with van der Waals surface area (Å²) >= 11 is 2.32. The largest absolute Gasteiger partial charge is 0.460 e. The number of aliphatic hydroxyl groups is 1. The molecule has 0 bridgehead atoms. The lowest BCUT2D eigenvalue weighted by Crippen LogP contribution is -2.50. The van der Waals surface area contributed by atoms with E-state index < -0.39 is 12.1 Å². The number of hydrogen-bond donors (Lipinski definition) is 3. The van der Waals surface area contributed by atoms with Crippen LogP contribution in [0.4, 0.5) is 0 Å². The Balaban J connectivity index is 4.48. The van der Waals surface area contributed by atoms with Gasteiger partial charge in [0.25, 0.3) is 0 Å². The molecule has 0 saturated heterocycles. The van der Waals surface area contributed by atoms with E-state index in [2.05, 4.69) is 48.3 Å². The maximum atomic E-state index is 11.3. The van der Waals surface area contributed by atoms with E-state index in [9.17, 15) is 9.90 Å². The summed E-state index contributed by atoms with van der Waals surface area (Å²) < 4.78 is 5.37. The molecule has 112 valence electrons. The molecule has 0 radical (unpaired) electrons. The monoisotopic (exact) mass is 384 g/mol. The van der Waals surface area contributed by atoms with Gasteiger partial charge >= 0.3 is 5.97 Å². The van der Waals surface area contributed by atoms with Gasteiger partial charge in [0.15, 0.2) is 0 Å². The van der Waals surface area contributed by atoms with Crippen LogP contribution in [0.3, 0.4) is 0 Å². The van der Waals surface area contributed by atoms with Gasteiger partial charge in [0, 0.05) is 28.6 Å². The zero-order valence-electron chi connectivity index (χ0n) is 11.9. The second-order valence-electron chi connectivity index (χ2n) is 4.75. The molecule has 0 aromatic carbocycles. The molecule has 4 N–H and O–H groups in total. The molecular weight excluding hydrogens is 359 g/mol. The average molecular weight is 384 g/mol. The highest BCUT2D eigenvalue weighted by molar-refractivity contribution is 14.1. The number of ether oxygens (including phenoxy) is 1. The number of carbonyl (C=O) groups is 1. The van der Waals surface area contributed by atoms with Crippen LogP contribution in [-0.4, -0.2) is 46.8 Å². The molecule has 19 heavy (non-hydrogen) atoms. The lowest BCUT2D eigenvalue weighted by atomic mass is 9.94. The molecule has 0 aliphatic heterocycles. The molecule has 0 aromatic rings. The quantitative estimate of drug-likeness (QED) is 0.238. The normalized spacial score (nSPS) is 17.4. The van der Waals surface area contributed by atoms with Gasteiger partial charge in [0.1, 0.15) is 12.7 Å². The van der Waals surface area contributed by atoms with Crippen molar-refractivity contribution in [3.8, 4) is 0 Å². The van der Waals surface area contributed by atoms with Crippen LogP contribution >= 0.6 is 22.6 Å². The Kier molecular flexibility index (Phi) is 9.59. The number of nitrogens with two attached hydrogens (primary N) is 1. The van der Waals surface area contributed by atoms with Crippen molar-refractivity contribution in [1.82, 2.24) is 5.32 Å². The van der Waals surface area contributed by atoms with Crippen molar-refractivity contribution in [2.24, 2.45) is 11.7 Å². The molecule has 0 aliphatic rings. The zero-order chi connectivity index (χ0) is 15.0. The van der Waals surface area contributed by atoms with Crippen LogP contribution in [0, 0.1) is 5.92 Å². The van der Waals surface area contributed by atoms with Crippen molar-refractivity contribution in [2.75, 3.05) is 19.7 Å². The summed E-state index contributed by atoms with van der Waals surface area (Å²) in [6.07, 6.45) is -0.762. The Bertz CT molecular complexity index is 298. The van der Waals surface area contributed by atoms with Gasteiger partial charge in [-0.25, -0.2) is 4.79 Å². The van der Waals surface area contributed by atoms with Gasteiger partial charge < -0.3 is 20.9 Å². The highest BCUT2D eigenvalue weighted by Crippen LogP contribution is 2.19. The Hall–Kier alpha value is -0.180. The minimum Gasteiger partial charge on any atom is -0.460 e. The first-order chi connectivity index (χ1) is 8.81. The minimum absolute atomic E-state index is 0.0400. The number of esters is 1. The van der Waals surface area contributed by atoms with Crippen molar-refractivity contribution in [1.29, 1.82) is 0 Å². The van der Waals surface area contributed by atoms with Crippen LogP contribution in [0.25, 0.3) is 0 Å². The first-order valence-corrected chi connectivity index (χ1v) is 7.64. The molecule has 0 fully saturated rings. The van der Waals surface area contributed by atoms with Gasteiger partial charge in [-0.2, -0.15) is 0 Å². The van der Waals surface area contributed by atoms with E-state index in [1.165, 1.54) is 0 Å². The molecule has 0 heterocycles. The summed E-state index contributed by atoms with van der Waals surface area (Å²) in [6.45, 7) is 10.3. The molecule has 5 nitrogen and oxygen atoms in total. The van der Waals surface area contributed by atoms with E-state index in [0.29, 0.717) is 22.6 Å². The summed E-state index contributed by atoms with van der Waals surface area (Å²) in [5.41, 5.74) is 5.80. The van der Waals surface area contributed by atoms with Gasteiger partial charge in [0.05, 0.1) is 0 Å². The van der Waals surface area contributed by atoms with Gasteiger partial charge in [-0.05, 0) is 12.8 Å². The number of nitrogens with one attached hydrogen (secondary N) is 1. The molecule has 0 aromatic heterocycles. The van der Waals surface area contributed by atoms with Gasteiger partial charge in [-0.1, -0.05) is 43.0 Å². The SMILES string of the molecule is C=C(C)C(=O)OCC(O)C(NCCN)C(C)C(C)I. The fraction of sp³-hybridized carbons (Fsp3) is 0.769. The van der Waals surface area contributed by atoms with Gasteiger partial charge in [0.2, 0.25) is 0 Å². The van der Waals surface area contributed by atoms with Crippen molar-refractivity contribution in [3.63, 3.8) is 0 Å². The zero-order valence-corrected chi connectivity index (χ0v) is 14.0. The third kappa shape index (κ3) is 7.24. The van der Waals surface area contributed by atoms with Crippen LogP contribution in [0.5, 0.6) is 0 Å². The highest BCUT2D eigenvalue weighted by atomic mass is 127. The fourth-order valence-electron chi connectivity index (χ4n) is 1.60. The Morgan fingerprint density at radius 2 is 2.11 bits per heavy atom. The predicted octanol–water partition coefficient (Wildman–Crippen LogP) is 0.843. The first-order valence-electron chi connectivity index (χ1n) is 6.39. The van der Waals surface area contributed by atoms with Gasteiger partial charge in [-0.3, -0.25) is 0 Å². The van der Waals surface area contributed by atoms with Crippen molar-refractivity contribution >= 4 is 28.6 Å². The Morgan fingerprint density at radius 3 is 2.53 bits per heavy atom.